The van der Waals surface area contributed by atoms with Crippen molar-refractivity contribution in [2.45, 2.75) is 58.8 Å². The number of allylic oxidation sites excluding steroid dienone is 4. The van der Waals surface area contributed by atoms with E-state index in [1.807, 2.05) is 60.7 Å². The molecule has 0 atom stereocenters. The van der Waals surface area contributed by atoms with Gasteiger partial charge in [-0.25, -0.2) is 12.2 Å². The number of hydrogen-bond acceptors (Lipinski definition) is 0. The third-order valence-electron chi connectivity index (χ3n) is 7.29. The molecule has 0 amide bonds. The minimum atomic E-state index is 0. The summed E-state index contributed by atoms with van der Waals surface area (Å²) in [5.74, 6) is 0. The van der Waals surface area contributed by atoms with Gasteiger partial charge in [0.1, 0.15) is 0 Å². The zero-order chi connectivity index (χ0) is 30.5. The largest absolute Gasteiger partial charge is 1.00 e. The standard InChI is InChI=1S/C21H25.C13H8Cl2.C5H5.2ClH.Zr/c1-20(2,3)16-7-9-18-14(12-16)11-15-13-17(21(4,5)6)8-10-19(15)18;14-12-5-1-10(2-6-12)9-11-3-7-13(15)8-4-11;1-2-4-5-3-1;;;/h7-13H,1-6H3;1-8H;1-3H,4H2;2*1H;/q-1;;-1;;;+2/p-2. The van der Waals surface area contributed by atoms with Crippen LogP contribution < -0.4 is 24.8 Å². The zero-order valence-corrected chi connectivity index (χ0v) is 31.6. The summed E-state index contributed by atoms with van der Waals surface area (Å²) in [5, 5.41) is 7.01. The van der Waals surface area contributed by atoms with Crippen molar-refractivity contribution >= 4 is 48.0 Å². The van der Waals surface area contributed by atoms with Crippen LogP contribution in [0, 0.1) is 6.08 Å². The Morgan fingerprint density at radius 2 is 1.07 bits per heavy atom. The molecule has 0 fully saturated rings. The van der Waals surface area contributed by atoms with E-state index < -0.39 is 0 Å². The third-order valence-corrected chi connectivity index (χ3v) is 9.21. The second kappa shape index (κ2) is 16.6. The molecule has 0 nitrogen and oxygen atoms in total. The first-order valence-electron chi connectivity index (χ1n) is 14.3. The van der Waals surface area contributed by atoms with Gasteiger partial charge >= 0.3 is 120 Å². The third kappa shape index (κ3) is 10.3. The van der Waals surface area contributed by atoms with Crippen LogP contribution in [0.2, 0.25) is 10.0 Å². The molecule has 0 spiro atoms. The van der Waals surface area contributed by atoms with E-state index in [4.69, 9.17) is 23.2 Å². The van der Waals surface area contributed by atoms with Crippen LogP contribution in [-0.4, -0.2) is 3.21 Å². The van der Waals surface area contributed by atoms with Gasteiger partial charge in [0.25, 0.3) is 0 Å². The van der Waals surface area contributed by atoms with Crippen molar-refractivity contribution in [3.8, 4) is 0 Å². The zero-order valence-electron chi connectivity index (χ0n) is 26.1. The Kier molecular flexibility index (Phi) is 14.5. The van der Waals surface area contributed by atoms with Crippen molar-refractivity contribution in [1.82, 2.24) is 0 Å². The minimum Gasteiger partial charge on any atom is -1.00 e. The number of benzene rings is 4. The SMILES string of the molecule is CC(C)(C)c1ccc2c(c1)[cH-]c1cc(C(C)(C)C)ccc12.Clc1ccc([C](=[Zr+2])c2ccc(Cl)cc2)cc1.[C-]1=CC=CC1.[Cl-].[Cl-]. The van der Waals surface area contributed by atoms with Gasteiger partial charge in [0, 0.05) is 0 Å². The summed E-state index contributed by atoms with van der Waals surface area (Å²) in [6, 6.07) is 32.0. The van der Waals surface area contributed by atoms with E-state index in [1.165, 1.54) is 71.2 Å². The Bertz CT molecular complexity index is 1600. The Hall–Kier alpha value is -1.86. The minimum absolute atomic E-state index is 0. The smallest absolute Gasteiger partial charge is 0.109 e. The van der Waals surface area contributed by atoms with Crippen LogP contribution in [0.1, 0.15) is 70.2 Å². The van der Waals surface area contributed by atoms with Gasteiger partial charge in [0.05, 0.1) is 0 Å². The molecular formula is C39H38Cl4Zr-2. The van der Waals surface area contributed by atoms with E-state index in [0.29, 0.717) is 0 Å². The second-order valence-electron chi connectivity index (χ2n) is 12.6. The Morgan fingerprint density at radius 1 is 0.659 bits per heavy atom. The topological polar surface area (TPSA) is 0 Å². The predicted molar refractivity (Wildman–Crippen MR) is 182 cm³/mol. The maximum atomic E-state index is 5.86. The molecule has 6 rings (SSSR count). The van der Waals surface area contributed by atoms with Gasteiger partial charge in [-0.3, -0.25) is 6.08 Å². The Morgan fingerprint density at radius 3 is 1.36 bits per heavy atom. The molecule has 0 radical (unpaired) electrons. The number of hydrogen-bond donors (Lipinski definition) is 0. The van der Waals surface area contributed by atoms with Crippen LogP contribution in [-0.2, 0) is 35.1 Å². The molecule has 5 aromatic rings. The van der Waals surface area contributed by atoms with Crippen LogP contribution in [0.25, 0.3) is 21.5 Å². The molecule has 0 aliphatic heterocycles. The maximum Gasteiger partial charge on any atom is -0.109 e. The Labute approximate surface area is 301 Å². The monoisotopic (exact) mass is 736 g/mol. The molecule has 0 bridgehead atoms. The van der Waals surface area contributed by atoms with Crippen LogP contribution in [0.5, 0.6) is 0 Å². The fourth-order valence-corrected chi connectivity index (χ4v) is 5.77. The van der Waals surface area contributed by atoms with Gasteiger partial charge < -0.3 is 24.8 Å². The van der Waals surface area contributed by atoms with E-state index >= 15 is 0 Å². The van der Waals surface area contributed by atoms with Crippen molar-refractivity contribution < 1.29 is 49.0 Å². The fraction of sp³-hybridized carbons (Fsp3) is 0.231. The molecular weight excluding hydrogens is 701 g/mol. The molecule has 1 aliphatic carbocycles. The van der Waals surface area contributed by atoms with Crippen molar-refractivity contribution in [2.24, 2.45) is 0 Å². The van der Waals surface area contributed by atoms with Crippen molar-refractivity contribution in [2.75, 3.05) is 0 Å². The molecule has 0 aromatic heterocycles. The molecule has 5 aromatic carbocycles. The van der Waals surface area contributed by atoms with Crippen LogP contribution >= 0.6 is 23.2 Å². The van der Waals surface area contributed by atoms with Gasteiger partial charge in [0.15, 0.2) is 0 Å². The summed E-state index contributed by atoms with van der Waals surface area (Å²) in [5.41, 5.74) is 5.64. The first-order valence-corrected chi connectivity index (χ1v) is 16.3. The maximum absolute atomic E-state index is 5.86. The summed E-state index contributed by atoms with van der Waals surface area (Å²) in [6.07, 6.45) is 10.0. The molecule has 5 heteroatoms. The average molecular weight is 740 g/mol. The van der Waals surface area contributed by atoms with E-state index in [1.54, 1.807) is 0 Å². The molecule has 228 valence electrons. The van der Waals surface area contributed by atoms with E-state index in [9.17, 15) is 0 Å². The van der Waals surface area contributed by atoms with Gasteiger partial charge in [-0.2, -0.15) is 6.08 Å². The van der Waals surface area contributed by atoms with Crippen molar-refractivity contribution in [1.29, 1.82) is 0 Å². The fourth-order valence-electron chi connectivity index (χ4n) is 4.70. The van der Waals surface area contributed by atoms with Crippen molar-refractivity contribution in [3.63, 3.8) is 0 Å². The first-order chi connectivity index (χ1) is 19.8. The van der Waals surface area contributed by atoms with E-state index in [2.05, 4.69) is 96.2 Å². The number of rotatable bonds is 2. The molecule has 1 aliphatic rings. The van der Waals surface area contributed by atoms with Crippen LogP contribution in [0.3, 0.4) is 0 Å². The van der Waals surface area contributed by atoms with Gasteiger partial charge in [-0.15, -0.1) is 46.2 Å². The predicted octanol–water partition coefficient (Wildman–Crippen LogP) is 5.73. The average Bonchev–Trinajstić information content (AvgIpc) is 3.64. The van der Waals surface area contributed by atoms with Crippen LogP contribution in [0.4, 0.5) is 0 Å². The summed E-state index contributed by atoms with van der Waals surface area (Å²) in [4.78, 5) is 0. The quantitative estimate of drug-likeness (QED) is 0.203. The summed E-state index contributed by atoms with van der Waals surface area (Å²) in [6.45, 7) is 13.6. The van der Waals surface area contributed by atoms with E-state index in [-0.39, 0.29) is 35.6 Å². The Balaban J connectivity index is 0.000000260. The summed E-state index contributed by atoms with van der Waals surface area (Å²) < 4.78 is 1.31. The molecule has 0 heterocycles. The molecule has 0 N–H and O–H groups in total. The molecule has 44 heavy (non-hydrogen) atoms. The molecule has 0 unspecified atom stereocenters. The van der Waals surface area contributed by atoms with Gasteiger partial charge in [-0.1, -0.05) is 76.9 Å². The van der Waals surface area contributed by atoms with Gasteiger partial charge in [0.2, 0.25) is 0 Å². The molecule has 0 saturated heterocycles. The second-order valence-corrected chi connectivity index (χ2v) is 14.7. The van der Waals surface area contributed by atoms with Crippen LogP contribution in [0.15, 0.2) is 109 Å². The number of halogens is 4. The molecule has 0 saturated carbocycles. The summed E-state index contributed by atoms with van der Waals surface area (Å²) in [7, 11) is 0. The van der Waals surface area contributed by atoms with Crippen molar-refractivity contribution in [3.05, 3.63) is 148 Å². The number of fused-ring (bicyclic) bond motifs is 3. The normalized spacial score (nSPS) is 12.0. The van der Waals surface area contributed by atoms with E-state index in [0.717, 1.165) is 16.5 Å². The first kappa shape index (κ1) is 38.3. The van der Waals surface area contributed by atoms with Gasteiger partial charge in [-0.05, 0) is 10.8 Å². The summed E-state index contributed by atoms with van der Waals surface area (Å²) >= 11 is 13.1.